The Labute approximate surface area is 159 Å². The van der Waals surface area contributed by atoms with Gasteiger partial charge in [0.05, 0.1) is 6.04 Å². The lowest BCUT2D eigenvalue weighted by Gasteiger charge is -2.26. The molecule has 0 unspecified atom stereocenters. The maximum absolute atomic E-state index is 12.7. The van der Waals surface area contributed by atoms with Gasteiger partial charge in [-0.3, -0.25) is 9.59 Å². The molecule has 0 spiro atoms. The molecule has 4 rings (SSSR count). The van der Waals surface area contributed by atoms with Crippen molar-refractivity contribution in [2.75, 3.05) is 0 Å². The minimum atomic E-state index is -0.101. The molecule has 0 saturated carbocycles. The highest BCUT2D eigenvalue weighted by Crippen LogP contribution is 2.29. The number of hydrogen-bond donors (Lipinski definition) is 1. The van der Waals surface area contributed by atoms with Gasteiger partial charge in [-0.2, -0.15) is 0 Å². The van der Waals surface area contributed by atoms with Gasteiger partial charge in [0.15, 0.2) is 5.78 Å². The second-order valence-corrected chi connectivity index (χ2v) is 6.89. The van der Waals surface area contributed by atoms with Gasteiger partial charge in [0.1, 0.15) is 0 Å². The summed E-state index contributed by atoms with van der Waals surface area (Å²) in [5.41, 5.74) is 4.34. The van der Waals surface area contributed by atoms with E-state index in [2.05, 4.69) is 17.4 Å². The van der Waals surface area contributed by atoms with Crippen LogP contribution < -0.4 is 5.32 Å². The fourth-order valence-corrected chi connectivity index (χ4v) is 3.67. The van der Waals surface area contributed by atoms with E-state index >= 15 is 0 Å². The van der Waals surface area contributed by atoms with Gasteiger partial charge in [0.2, 0.25) is 0 Å². The maximum Gasteiger partial charge on any atom is 0.251 e. The van der Waals surface area contributed by atoms with Crippen LogP contribution in [0, 0.1) is 0 Å². The fourth-order valence-electron chi connectivity index (χ4n) is 3.67. The van der Waals surface area contributed by atoms with E-state index in [-0.39, 0.29) is 17.7 Å². The number of nitrogens with one attached hydrogen (secondary N) is 1. The molecular weight excluding hydrogens is 334 g/mol. The molecule has 1 N–H and O–H groups in total. The zero-order valence-electron chi connectivity index (χ0n) is 15.0. The number of hydrogen-bond acceptors (Lipinski definition) is 2. The zero-order valence-corrected chi connectivity index (χ0v) is 15.0. The van der Waals surface area contributed by atoms with E-state index in [0.717, 1.165) is 19.3 Å². The first-order chi connectivity index (χ1) is 13.2. The molecule has 134 valence electrons. The van der Waals surface area contributed by atoms with E-state index in [4.69, 9.17) is 0 Å². The second-order valence-electron chi connectivity index (χ2n) is 6.89. The Morgan fingerprint density at radius 2 is 1.37 bits per heavy atom. The molecule has 27 heavy (non-hydrogen) atoms. The minimum absolute atomic E-state index is 0.0382. The number of amides is 1. The predicted molar refractivity (Wildman–Crippen MR) is 106 cm³/mol. The monoisotopic (exact) mass is 355 g/mol. The lowest BCUT2D eigenvalue weighted by atomic mass is 9.87. The average Bonchev–Trinajstić information content (AvgIpc) is 2.74. The molecule has 1 amide bonds. The largest absolute Gasteiger partial charge is 0.345 e. The number of fused-ring (bicyclic) bond motifs is 1. The molecule has 3 nitrogen and oxygen atoms in total. The quantitative estimate of drug-likeness (QED) is 0.688. The van der Waals surface area contributed by atoms with Crippen molar-refractivity contribution in [2.45, 2.75) is 25.3 Å². The van der Waals surface area contributed by atoms with Crippen LogP contribution in [-0.2, 0) is 6.42 Å². The summed E-state index contributed by atoms with van der Waals surface area (Å²) in [6.45, 7) is 0. The third-order valence-corrected chi connectivity index (χ3v) is 5.12. The summed E-state index contributed by atoms with van der Waals surface area (Å²) in [5.74, 6) is -0.140. The highest BCUT2D eigenvalue weighted by molar-refractivity contribution is 6.09. The van der Waals surface area contributed by atoms with Gasteiger partial charge in [-0.25, -0.2) is 0 Å². The molecule has 3 aromatic rings. The first kappa shape index (κ1) is 17.2. The fraction of sp³-hybridized carbons (Fsp3) is 0.167. The van der Waals surface area contributed by atoms with Crippen LogP contribution in [0.2, 0.25) is 0 Å². The number of carbonyl (C=O) groups is 2. The Morgan fingerprint density at radius 3 is 2.15 bits per heavy atom. The molecule has 1 aliphatic carbocycles. The van der Waals surface area contributed by atoms with Crippen molar-refractivity contribution in [2.24, 2.45) is 0 Å². The summed E-state index contributed by atoms with van der Waals surface area (Å²) in [4.78, 5) is 25.2. The van der Waals surface area contributed by atoms with Gasteiger partial charge in [0.25, 0.3) is 5.91 Å². The zero-order chi connectivity index (χ0) is 18.6. The van der Waals surface area contributed by atoms with Crippen LogP contribution in [0.15, 0.2) is 78.9 Å². The SMILES string of the molecule is O=C(N[C@@H]1CCCc2ccccc21)c1ccc(C(=O)c2ccccc2)cc1. The van der Waals surface area contributed by atoms with Crippen LogP contribution >= 0.6 is 0 Å². The van der Waals surface area contributed by atoms with E-state index in [1.807, 2.05) is 30.3 Å². The Morgan fingerprint density at radius 1 is 0.741 bits per heavy atom. The number of ketones is 1. The van der Waals surface area contributed by atoms with Crippen molar-refractivity contribution in [1.29, 1.82) is 0 Å². The Bertz CT molecular complexity index is 961. The summed E-state index contributed by atoms with van der Waals surface area (Å²) >= 11 is 0. The van der Waals surface area contributed by atoms with Crippen molar-refractivity contribution in [3.05, 3.63) is 107 Å². The minimum Gasteiger partial charge on any atom is -0.345 e. The highest BCUT2D eigenvalue weighted by Gasteiger charge is 2.22. The standard InChI is InChI=1S/C24H21NO2/c26-23(18-8-2-1-3-9-18)19-13-15-20(16-14-19)24(27)25-22-12-6-10-17-7-4-5-11-21(17)22/h1-5,7-9,11,13-16,22H,6,10,12H2,(H,25,27)/t22-/m1/s1. The highest BCUT2D eigenvalue weighted by atomic mass is 16.1. The van der Waals surface area contributed by atoms with Gasteiger partial charge in [-0.1, -0.05) is 66.7 Å². The van der Waals surface area contributed by atoms with Crippen LogP contribution in [0.4, 0.5) is 0 Å². The van der Waals surface area contributed by atoms with Crippen molar-refractivity contribution in [3.63, 3.8) is 0 Å². The third-order valence-electron chi connectivity index (χ3n) is 5.12. The molecular formula is C24H21NO2. The molecule has 0 fully saturated rings. The van der Waals surface area contributed by atoms with Gasteiger partial charge < -0.3 is 5.32 Å². The van der Waals surface area contributed by atoms with Gasteiger partial charge in [-0.05, 0) is 42.5 Å². The Hall–Kier alpha value is -3.20. The molecule has 0 bridgehead atoms. The molecule has 0 heterocycles. The molecule has 1 atom stereocenters. The van der Waals surface area contributed by atoms with E-state index < -0.39 is 0 Å². The van der Waals surface area contributed by atoms with E-state index in [1.165, 1.54) is 11.1 Å². The number of carbonyl (C=O) groups excluding carboxylic acids is 2. The van der Waals surface area contributed by atoms with Crippen molar-refractivity contribution >= 4 is 11.7 Å². The normalized spacial score (nSPS) is 15.6. The van der Waals surface area contributed by atoms with Gasteiger partial charge >= 0.3 is 0 Å². The average molecular weight is 355 g/mol. The van der Waals surface area contributed by atoms with Gasteiger partial charge in [-0.15, -0.1) is 0 Å². The van der Waals surface area contributed by atoms with E-state index in [1.54, 1.807) is 36.4 Å². The summed E-state index contributed by atoms with van der Waals surface area (Å²) in [6, 6.07) is 24.4. The molecule has 3 heteroatoms. The van der Waals surface area contributed by atoms with Crippen LogP contribution in [0.5, 0.6) is 0 Å². The molecule has 1 aliphatic rings. The van der Waals surface area contributed by atoms with Crippen molar-refractivity contribution in [3.8, 4) is 0 Å². The lowest BCUT2D eigenvalue weighted by molar-refractivity contribution is 0.0931. The summed E-state index contributed by atoms with van der Waals surface area (Å²) in [7, 11) is 0. The van der Waals surface area contributed by atoms with Crippen molar-refractivity contribution < 1.29 is 9.59 Å². The Kier molecular flexibility index (Phi) is 4.84. The van der Waals surface area contributed by atoms with Gasteiger partial charge in [0, 0.05) is 16.7 Å². The lowest BCUT2D eigenvalue weighted by Crippen LogP contribution is -2.31. The predicted octanol–water partition coefficient (Wildman–Crippen LogP) is 4.73. The summed E-state index contributed by atoms with van der Waals surface area (Å²) in [5, 5.41) is 3.15. The Balaban J connectivity index is 1.48. The number of rotatable bonds is 4. The number of benzene rings is 3. The van der Waals surface area contributed by atoms with Crippen LogP contribution in [0.25, 0.3) is 0 Å². The topological polar surface area (TPSA) is 46.2 Å². The second kappa shape index (κ2) is 7.58. The molecule has 0 radical (unpaired) electrons. The van der Waals surface area contributed by atoms with Crippen LogP contribution in [0.1, 0.15) is 56.3 Å². The van der Waals surface area contributed by atoms with Crippen LogP contribution in [-0.4, -0.2) is 11.7 Å². The number of aryl methyl sites for hydroxylation is 1. The first-order valence-corrected chi connectivity index (χ1v) is 9.31. The first-order valence-electron chi connectivity index (χ1n) is 9.31. The third kappa shape index (κ3) is 3.68. The molecule has 0 aromatic heterocycles. The summed E-state index contributed by atoms with van der Waals surface area (Å²) < 4.78 is 0. The molecule has 0 saturated heterocycles. The van der Waals surface area contributed by atoms with Crippen LogP contribution in [0.3, 0.4) is 0 Å². The van der Waals surface area contributed by atoms with Crippen molar-refractivity contribution in [1.82, 2.24) is 5.32 Å². The van der Waals surface area contributed by atoms with E-state index in [9.17, 15) is 9.59 Å². The molecule has 0 aliphatic heterocycles. The smallest absolute Gasteiger partial charge is 0.251 e. The summed E-state index contributed by atoms with van der Waals surface area (Å²) in [6.07, 6.45) is 3.10. The molecule has 3 aromatic carbocycles. The van der Waals surface area contributed by atoms with E-state index in [0.29, 0.717) is 16.7 Å². The maximum atomic E-state index is 12.7.